The van der Waals surface area contributed by atoms with Crippen LogP contribution in [0, 0.1) is 0 Å². The molecular formula is C11H17N3O. The summed E-state index contributed by atoms with van der Waals surface area (Å²) in [4.78, 5) is 21.2. The van der Waals surface area contributed by atoms with Crippen LogP contribution in [0.15, 0.2) is 6.07 Å². The number of nitrogens with zero attached hydrogens (tertiary/aromatic N) is 3. The summed E-state index contributed by atoms with van der Waals surface area (Å²) in [5.41, 5.74) is 0.280. The van der Waals surface area contributed by atoms with Gasteiger partial charge in [0.15, 0.2) is 6.29 Å². The lowest BCUT2D eigenvalue weighted by atomic mass is 9.95. The fraction of sp³-hybridized carbons (Fsp3) is 0.545. The van der Waals surface area contributed by atoms with Crippen LogP contribution >= 0.6 is 0 Å². The average Bonchev–Trinajstić information content (AvgIpc) is 2.15. The maximum absolute atomic E-state index is 10.8. The van der Waals surface area contributed by atoms with Crippen molar-refractivity contribution in [1.29, 1.82) is 0 Å². The molecule has 0 N–H and O–H groups in total. The molecule has 82 valence electrons. The SMILES string of the molecule is CN(C)c1cc(C=O)nc(C(C)(C)C)n1. The van der Waals surface area contributed by atoms with Gasteiger partial charge in [0, 0.05) is 25.6 Å². The molecule has 0 aromatic carbocycles. The number of hydrogen-bond acceptors (Lipinski definition) is 4. The molecule has 0 radical (unpaired) electrons. The summed E-state index contributed by atoms with van der Waals surface area (Å²) in [5, 5.41) is 0. The number of aromatic nitrogens is 2. The molecule has 0 aliphatic heterocycles. The normalized spacial score (nSPS) is 11.3. The van der Waals surface area contributed by atoms with Crippen molar-refractivity contribution in [2.45, 2.75) is 26.2 Å². The third-order valence-electron chi connectivity index (χ3n) is 1.98. The molecule has 0 spiro atoms. The maximum Gasteiger partial charge on any atom is 0.168 e. The smallest absolute Gasteiger partial charge is 0.168 e. The van der Waals surface area contributed by atoms with Gasteiger partial charge < -0.3 is 4.90 Å². The van der Waals surface area contributed by atoms with E-state index < -0.39 is 0 Å². The molecule has 0 aliphatic rings. The second-order valence-electron chi connectivity index (χ2n) is 4.74. The van der Waals surface area contributed by atoms with Crippen LogP contribution in [0.3, 0.4) is 0 Å². The first-order valence-corrected chi connectivity index (χ1v) is 4.86. The Morgan fingerprint density at radius 2 is 1.87 bits per heavy atom. The van der Waals surface area contributed by atoms with E-state index in [1.165, 1.54) is 0 Å². The summed E-state index contributed by atoms with van der Waals surface area (Å²) in [6.07, 6.45) is 0.754. The number of rotatable bonds is 2. The van der Waals surface area contributed by atoms with Crippen molar-refractivity contribution < 1.29 is 4.79 Å². The average molecular weight is 207 g/mol. The van der Waals surface area contributed by atoms with Crippen molar-refractivity contribution in [3.05, 3.63) is 17.6 Å². The molecule has 1 aromatic rings. The van der Waals surface area contributed by atoms with Crippen LogP contribution in [-0.2, 0) is 5.41 Å². The molecule has 1 aromatic heterocycles. The summed E-state index contributed by atoms with van der Waals surface area (Å²) in [6.45, 7) is 6.07. The number of carbonyl (C=O) groups excluding carboxylic acids is 1. The molecular weight excluding hydrogens is 190 g/mol. The van der Waals surface area contributed by atoms with Gasteiger partial charge in [-0.25, -0.2) is 9.97 Å². The first-order chi connectivity index (χ1) is 6.84. The van der Waals surface area contributed by atoms with E-state index in [1.54, 1.807) is 6.07 Å². The zero-order valence-corrected chi connectivity index (χ0v) is 9.90. The van der Waals surface area contributed by atoms with Crippen molar-refractivity contribution in [2.75, 3.05) is 19.0 Å². The molecule has 4 heteroatoms. The minimum atomic E-state index is -0.149. The van der Waals surface area contributed by atoms with Crippen LogP contribution in [0.25, 0.3) is 0 Å². The van der Waals surface area contributed by atoms with Crippen LogP contribution in [0.5, 0.6) is 0 Å². The minimum absolute atomic E-state index is 0.149. The molecule has 0 aliphatic carbocycles. The summed E-state index contributed by atoms with van der Waals surface area (Å²) in [7, 11) is 3.78. The third kappa shape index (κ3) is 2.75. The lowest BCUT2D eigenvalue weighted by molar-refractivity contribution is 0.111. The van der Waals surface area contributed by atoms with Crippen molar-refractivity contribution in [2.24, 2.45) is 0 Å². The second kappa shape index (κ2) is 3.96. The Kier molecular flexibility index (Phi) is 3.07. The molecule has 0 fully saturated rings. The van der Waals surface area contributed by atoms with Crippen molar-refractivity contribution in [3.8, 4) is 0 Å². The summed E-state index contributed by atoms with van der Waals surface area (Å²) in [6, 6.07) is 1.68. The highest BCUT2D eigenvalue weighted by atomic mass is 16.1. The van der Waals surface area contributed by atoms with Gasteiger partial charge in [-0.2, -0.15) is 0 Å². The zero-order chi connectivity index (χ0) is 11.6. The van der Waals surface area contributed by atoms with Crippen LogP contribution in [-0.4, -0.2) is 30.3 Å². The quantitative estimate of drug-likeness (QED) is 0.692. The van der Waals surface area contributed by atoms with Gasteiger partial charge in [0.1, 0.15) is 17.3 Å². The van der Waals surface area contributed by atoms with Crippen molar-refractivity contribution in [1.82, 2.24) is 9.97 Å². The van der Waals surface area contributed by atoms with E-state index in [1.807, 2.05) is 39.8 Å². The minimum Gasteiger partial charge on any atom is -0.363 e. The van der Waals surface area contributed by atoms with Crippen LogP contribution in [0.4, 0.5) is 5.82 Å². The van der Waals surface area contributed by atoms with Crippen LogP contribution in [0.2, 0.25) is 0 Å². The molecule has 15 heavy (non-hydrogen) atoms. The maximum atomic E-state index is 10.8. The van der Waals surface area contributed by atoms with Crippen LogP contribution < -0.4 is 4.90 Å². The van der Waals surface area contributed by atoms with Crippen molar-refractivity contribution >= 4 is 12.1 Å². The van der Waals surface area contributed by atoms with Gasteiger partial charge in [0.05, 0.1) is 0 Å². The number of aldehydes is 1. The first-order valence-electron chi connectivity index (χ1n) is 4.86. The Labute approximate surface area is 90.3 Å². The number of hydrogen-bond donors (Lipinski definition) is 0. The fourth-order valence-electron chi connectivity index (χ4n) is 1.08. The lowest BCUT2D eigenvalue weighted by Crippen LogP contribution is -2.20. The Morgan fingerprint density at radius 3 is 2.27 bits per heavy atom. The van der Waals surface area contributed by atoms with E-state index in [4.69, 9.17) is 0 Å². The van der Waals surface area contributed by atoms with Gasteiger partial charge in [0.2, 0.25) is 0 Å². The van der Waals surface area contributed by atoms with E-state index in [0.29, 0.717) is 11.5 Å². The Hall–Kier alpha value is -1.45. The summed E-state index contributed by atoms with van der Waals surface area (Å²) >= 11 is 0. The Morgan fingerprint density at radius 1 is 1.27 bits per heavy atom. The van der Waals surface area contributed by atoms with Gasteiger partial charge in [-0.05, 0) is 0 Å². The molecule has 0 saturated heterocycles. The molecule has 0 bridgehead atoms. The van der Waals surface area contributed by atoms with Crippen molar-refractivity contribution in [3.63, 3.8) is 0 Å². The lowest BCUT2D eigenvalue weighted by Gasteiger charge is -2.19. The fourth-order valence-corrected chi connectivity index (χ4v) is 1.08. The Bertz CT molecular complexity index is 367. The standard InChI is InChI=1S/C11H17N3O/c1-11(2,3)10-12-8(7-15)6-9(13-10)14(4)5/h6-7H,1-5H3. The number of carbonyl (C=O) groups is 1. The predicted molar refractivity (Wildman–Crippen MR) is 60.4 cm³/mol. The third-order valence-corrected chi connectivity index (χ3v) is 1.98. The highest BCUT2D eigenvalue weighted by Gasteiger charge is 2.19. The van der Waals surface area contributed by atoms with Gasteiger partial charge in [-0.1, -0.05) is 20.8 Å². The summed E-state index contributed by atoms with van der Waals surface area (Å²) in [5.74, 6) is 1.45. The summed E-state index contributed by atoms with van der Waals surface area (Å²) < 4.78 is 0. The molecule has 1 rings (SSSR count). The van der Waals surface area contributed by atoms with Crippen LogP contribution in [0.1, 0.15) is 37.1 Å². The predicted octanol–water partition coefficient (Wildman–Crippen LogP) is 1.65. The Balaban J connectivity index is 3.29. The van der Waals surface area contributed by atoms with E-state index in [2.05, 4.69) is 9.97 Å². The molecule has 0 amide bonds. The van der Waals surface area contributed by atoms with E-state index in [9.17, 15) is 4.79 Å². The van der Waals surface area contributed by atoms with Gasteiger partial charge >= 0.3 is 0 Å². The van der Waals surface area contributed by atoms with Gasteiger partial charge in [0.25, 0.3) is 0 Å². The van der Waals surface area contributed by atoms with Gasteiger partial charge in [-0.3, -0.25) is 4.79 Å². The van der Waals surface area contributed by atoms with Gasteiger partial charge in [-0.15, -0.1) is 0 Å². The topological polar surface area (TPSA) is 46.1 Å². The van der Waals surface area contributed by atoms with E-state index in [-0.39, 0.29) is 5.41 Å². The number of anilines is 1. The second-order valence-corrected chi connectivity index (χ2v) is 4.74. The monoisotopic (exact) mass is 207 g/mol. The highest BCUT2D eigenvalue weighted by Crippen LogP contribution is 2.20. The molecule has 0 saturated carbocycles. The molecule has 1 heterocycles. The van der Waals surface area contributed by atoms with E-state index >= 15 is 0 Å². The highest BCUT2D eigenvalue weighted by molar-refractivity contribution is 5.73. The molecule has 0 unspecified atom stereocenters. The molecule has 4 nitrogen and oxygen atoms in total. The zero-order valence-electron chi connectivity index (χ0n) is 9.90. The first kappa shape index (κ1) is 11.6. The van der Waals surface area contributed by atoms with E-state index in [0.717, 1.165) is 12.1 Å². The largest absolute Gasteiger partial charge is 0.363 e. The molecule has 0 atom stereocenters.